The van der Waals surface area contributed by atoms with Crippen LogP contribution in [0.2, 0.25) is 5.02 Å². The third-order valence-corrected chi connectivity index (χ3v) is 3.81. The molecule has 0 saturated carbocycles. The molecule has 0 aromatic heterocycles. The molecule has 6 heteroatoms. The Bertz CT molecular complexity index is 732. The number of carbonyl (C=O) groups is 2. The number of benzene rings is 2. The Kier molecular flexibility index (Phi) is 6.98. The van der Waals surface area contributed by atoms with Gasteiger partial charge in [0.2, 0.25) is 11.8 Å². The van der Waals surface area contributed by atoms with Gasteiger partial charge in [-0.25, -0.2) is 0 Å². The van der Waals surface area contributed by atoms with Gasteiger partial charge in [-0.3, -0.25) is 14.5 Å². The number of hydrogen-bond acceptors (Lipinski definition) is 3. The molecular weight excluding hydrogens is 338 g/mol. The first kappa shape index (κ1) is 19.0. The van der Waals surface area contributed by atoms with Crippen molar-refractivity contribution in [1.29, 1.82) is 0 Å². The van der Waals surface area contributed by atoms with Crippen LogP contribution < -0.4 is 10.6 Å². The van der Waals surface area contributed by atoms with Gasteiger partial charge >= 0.3 is 0 Å². The lowest BCUT2D eigenvalue weighted by molar-refractivity contribution is -0.119. The second kappa shape index (κ2) is 9.20. The predicted molar refractivity (Wildman–Crippen MR) is 102 cm³/mol. The van der Waals surface area contributed by atoms with Crippen molar-refractivity contribution < 1.29 is 9.59 Å². The molecule has 0 atom stereocenters. The zero-order valence-electron chi connectivity index (χ0n) is 14.4. The number of hydrogen-bond donors (Lipinski definition) is 2. The molecule has 2 aromatic rings. The fraction of sp³-hybridized carbons (Fsp3) is 0.263. The van der Waals surface area contributed by atoms with E-state index in [0.29, 0.717) is 23.7 Å². The van der Waals surface area contributed by atoms with Crippen LogP contribution in [0.25, 0.3) is 0 Å². The molecule has 2 amide bonds. The van der Waals surface area contributed by atoms with Crippen LogP contribution in [0.4, 0.5) is 11.4 Å². The highest BCUT2D eigenvalue weighted by atomic mass is 35.5. The molecule has 5 nitrogen and oxygen atoms in total. The summed E-state index contributed by atoms with van der Waals surface area (Å²) in [5.41, 5.74) is 2.57. The van der Waals surface area contributed by atoms with Crippen molar-refractivity contribution in [3.63, 3.8) is 0 Å². The third-order valence-electron chi connectivity index (χ3n) is 3.58. The van der Waals surface area contributed by atoms with Gasteiger partial charge in [0.1, 0.15) is 0 Å². The highest BCUT2D eigenvalue weighted by molar-refractivity contribution is 6.30. The molecule has 0 unspecified atom stereocenters. The molecule has 0 aliphatic carbocycles. The lowest BCUT2D eigenvalue weighted by Crippen LogP contribution is -2.32. The van der Waals surface area contributed by atoms with Gasteiger partial charge in [0.25, 0.3) is 0 Å². The second-order valence-corrected chi connectivity index (χ2v) is 6.40. The van der Waals surface area contributed by atoms with E-state index in [9.17, 15) is 9.59 Å². The number of likely N-dealkylation sites (N-methyl/N-ethyl adjacent to an activating group) is 1. The van der Waals surface area contributed by atoms with Gasteiger partial charge in [-0.15, -0.1) is 0 Å². The average Bonchev–Trinajstić information content (AvgIpc) is 2.55. The Morgan fingerprint density at radius 3 is 2.36 bits per heavy atom. The van der Waals surface area contributed by atoms with Crippen molar-refractivity contribution in [2.75, 3.05) is 30.8 Å². The van der Waals surface area contributed by atoms with Gasteiger partial charge in [0.15, 0.2) is 0 Å². The quantitative estimate of drug-likeness (QED) is 0.794. The van der Waals surface area contributed by atoms with Crippen molar-refractivity contribution in [3.05, 3.63) is 59.1 Å². The lowest BCUT2D eigenvalue weighted by Gasteiger charge is -2.16. The molecule has 132 valence electrons. The number of aryl methyl sites for hydroxylation is 1. The van der Waals surface area contributed by atoms with Crippen LogP contribution in [0, 0.1) is 6.92 Å². The zero-order valence-corrected chi connectivity index (χ0v) is 15.1. The Labute approximate surface area is 153 Å². The second-order valence-electron chi connectivity index (χ2n) is 5.96. The van der Waals surface area contributed by atoms with E-state index in [2.05, 4.69) is 10.6 Å². The van der Waals surface area contributed by atoms with Crippen LogP contribution in [-0.4, -0.2) is 36.9 Å². The minimum absolute atomic E-state index is 0.110. The largest absolute Gasteiger partial charge is 0.326 e. The summed E-state index contributed by atoms with van der Waals surface area (Å²) in [6.45, 7) is 2.69. The van der Waals surface area contributed by atoms with Crippen LogP contribution in [0.1, 0.15) is 12.0 Å². The predicted octanol–water partition coefficient (Wildman–Crippen LogP) is 3.55. The maximum atomic E-state index is 12.0. The fourth-order valence-electron chi connectivity index (χ4n) is 2.24. The van der Waals surface area contributed by atoms with E-state index in [1.165, 1.54) is 0 Å². The maximum Gasteiger partial charge on any atom is 0.238 e. The summed E-state index contributed by atoms with van der Waals surface area (Å²) in [5.74, 6) is -0.227. The van der Waals surface area contributed by atoms with Gasteiger partial charge in [0, 0.05) is 29.4 Å². The van der Waals surface area contributed by atoms with E-state index >= 15 is 0 Å². The van der Waals surface area contributed by atoms with E-state index in [0.717, 1.165) is 11.3 Å². The number of nitrogens with zero attached hydrogens (tertiary/aromatic N) is 1. The number of carbonyl (C=O) groups excluding carboxylic acids is 2. The van der Waals surface area contributed by atoms with Crippen LogP contribution in [-0.2, 0) is 9.59 Å². The minimum atomic E-state index is -0.118. The molecule has 0 bridgehead atoms. The summed E-state index contributed by atoms with van der Waals surface area (Å²) in [5, 5.41) is 6.20. The summed E-state index contributed by atoms with van der Waals surface area (Å²) >= 11 is 5.88. The molecular formula is C19H22ClN3O2. The van der Waals surface area contributed by atoms with Gasteiger partial charge in [-0.2, -0.15) is 0 Å². The SMILES string of the molecule is Cc1ccc(NC(=O)CN(C)CCC(=O)Nc2cccc(Cl)c2)cc1. The number of anilines is 2. The molecule has 0 saturated heterocycles. The molecule has 0 aliphatic heterocycles. The Morgan fingerprint density at radius 1 is 1.00 bits per heavy atom. The molecule has 0 aliphatic rings. The topological polar surface area (TPSA) is 61.4 Å². The fourth-order valence-corrected chi connectivity index (χ4v) is 2.43. The average molecular weight is 360 g/mol. The first-order chi connectivity index (χ1) is 11.9. The van der Waals surface area contributed by atoms with Crippen LogP contribution in [0.5, 0.6) is 0 Å². The molecule has 2 aromatic carbocycles. The highest BCUT2D eigenvalue weighted by Crippen LogP contribution is 2.15. The van der Waals surface area contributed by atoms with Gasteiger partial charge in [-0.1, -0.05) is 35.4 Å². The molecule has 0 radical (unpaired) electrons. The molecule has 25 heavy (non-hydrogen) atoms. The number of amides is 2. The van der Waals surface area contributed by atoms with E-state index in [4.69, 9.17) is 11.6 Å². The summed E-state index contributed by atoms with van der Waals surface area (Å²) in [6, 6.07) is 14.6. The number of rotatable bonds is 7. The van der Waals surface area contributed by atoms with E-state index in [-0.39, 0.29) is 18.4 Å². The van der Waals surface area contributed by atoms with Crippen LogP contribution in [0.3, 0.4) is 0 Å². The molecule has 2 N–H and O–H groups in total. The zero-order chi connectivity index (χ0) is 18.2. The maximum absolute atomic E-state index is 12.0. The molecule has 0 heterocycles. The number of halogens is 1. The monoisotopic (exact) mass is 359 g/mol. The van der Waals surface area contributed by atoms with Crippen molar-refractivity contribution >= 4 is 34.8 Å². The van der Waals surface area contributed by atoms with Crippen molar-refractivity contribution in [2.45, 2.75) is 13.3 Å². The Hall–Kier alpha value is -2.37. The molecule has 0 spiro atoms. The summed E-state index contributed by atoms with van der Waals surface area (Å²) in [4.78, 5) is 25.8. The Balaban J connectivity index is 1.72. The number of nitrogens with one attached hydrogen (secondary N) is 2. The van der Waals surface area contributed by atoms with Gasteiger partial charge in [0.05, 0.1) is 6.54 Å². The third kappa shape index (κ3) is 6.95. The minimum Gasteiger partial charge on any atom is -0.326 e. The van der Waals surface area contributed by atoms with Crippen molar-refractivity contribution in [3.8, 4) is 0 Å². The summed E-state index contributed by atoms with van der Waals surface area (Å²) in [7, 11) is 1.81. The highest BCUT2D eigenvalue weighted by Gasteiger charge is 2.09. The normalized spacial score (nSPS) is 10.6. The molecule has 2 rings (SSSR count). The van der Waals surface area contributed by atoms with Crippen molar-refractivity contribution in [2.24, 2.45) is 0 Å². The smallest absolute Gasteiger partial charge is 0.238 e. The Morgan fingerprint density at radius 2 is 1.68 bits per heavy atom. The van der Waals surface area contributed by atoms with E-state index in [1.54, 1.807) is 36.2 Å². The van der Waals surface area contributed by atoms with Gasteiger partial charge < -0.3 is 10.6 Å². The summed E-state index contributed by atoms with van der Waals surface area (Å²) < 4.78 is 0. The summed E-state index contributed by atoms with van der Waals surface area (Å²) in [6.07, 6.45) is 0.292. The van der Waals surface area contributed by atoms with Crippen LogP contribution >= 0.6 is 11.6 Å². The standard InChI is InChI=1S/C19H22ClN3O2/c1-14-6-8-16(9-7-14)21-19(25)13-23(2)11-10-18(24)22-17-5-3-4-15(20)12-17/h3-9,12H,10-11,13H2,1-2H3,(H,21,25)(H,22,24). The van der Waals surface area contributed by atoms with E-state index < -0.39 is 0 Å². The molecule has 0 fully saturated rings. The van der Waals surface area contributed by atoms with Crippen molar-refractivity contribution in [1.82, 2.24) is 4.90 Å². The first-order valence-corrected chi connectivity index (χ1v) is 8.40. The lowest BCUT2D eigenvalue weighted by atomic mass is 10.2. The van der Waals surface area contributed by atoms with Gasteiger partial charge in [-0.05, 0) is 44.3 Å². The van der Waals surface area contributed by atoms with E-state index in [1.807, 2.05) is 31.2 Å². The van der Waals surface area contributed by atoms with Crippen LogP contribution in [0.15, 0.2) is 48.5 Å². The first-order valence-electron chi connectivity index (χ1n) is 8.03.